The standard InChI is InChI=1S/C12H20N4O/c1-12(13-2)5-4-6-16(12)9-10-7-14-11(17-3)15-8-10/h7-8,13H,4-6,9H2,1-3H3. The maximum atomic E-state index is 4.95. The zero-order valence-electron chi connectivity index (χ0n) is 10.7. The van der Waals surface area contributed by atoms with Crippen molar-refractivity contribution in [1.29, 1.82) is 0 Å². The van der Waals surface area contributed by atoms with E-state index >= 15 is 0 Å². The van der Waals surface area contributed by atoms with Gasteiger partial charge in [-0.15, -0.1) is 0 Å². The summed E-state index contributed by atoms with van der Waals surface area (Å²) in [6.45, 7) is 4.23. The normalized spacial score (nSPS) is 25.1. The number of nitrogens with one attached hydrogen (secondary N) is 1. The van der Waals surface area contributed by atoms with Gasteiger partial charge in [-0.05, 0) is 26.8 Å². The molecule has 1 N–H and O–H groups in total. The Kier molecular flexibility index (Phi) is 3.59. The molecular weight excluding hydrogens is 216 g/mol. The lowest BCUT2D eigenvalue weighted by molar-refractivity contribution is 0.119. The molecule has 1 aromatic rings. The number of nitrogens with zero attached hydrogens (tertiary/aromatic N) is 3. The summed E-state index contributed by atoms with van der Waals surface area (Å²) in [6.07, 6.45) is 6.08. The van der Waals surface area contributed by atoms with E-state index in [0.717, 1.165) is 18.7 Å². The van der Waals surface area contributed by atoms with E-state index in [1.54, 1.807) is 7.11 Å². The second kappa shape index (κ2) is 4.98. The minimum absolute atomic E-state index is 0.0972. The Balaban J connectivity index is 2.04. The minimum atomic E-state index is 0.0972. The van der Waals surface area contributed by atoms with Gasteiger partial charge in [-0.2, -0.15) is 0 Å². The first-order valence-corrected chi connectivity index (χ1v) is 5.97. The molecule has 17 heavy (non-hydrogen) atoms. The number of rotatable bonds is 4. The van der Waals surface area contributed by atoms with E-state index in [9.17, 15) is 0 Å². The van der Waals surface area contributed by atoms with Crippen molar-refractivity contribution in [3.8, 4) is 6.01 Å². The molecule has 0 spiro atoms. The van der Waals surface area contributed by atoms with Crippen LogP contribution >= 0.6 is 0 Å². The second-order valence-corrected chi connectivity index (χ2v) is 4.63. The van der Waals surface area contributed by atoms with Crippen LogP contribution in [0.15, 0.2) is 12.4 Å². The molecule has 94 valence electrons. The number of likely N-dealkylation sites (tertiary alicyclic amines) is 1. The number of aromatic nitrogens is 2. The smallest absolute Gasteiger partial charge is 0.316 e. The lowest BCUT2D eigenvalue weighted by atomic mass is 10.1. The third-order valence-electron chi connectivity index (χ3n) is 3.57. The Bertz CT molecular complexity index is 367. The molecule has 1 saturated heterocycles. The summed E-state index contributed by atoms with van der Waals surface area (Å²) in [5.41, 5.74) is 1.22. The predicted octanol–water partition coefficient (Wildman–Crippen LogP) is 1.02. The molecule has 1 fully saturated rings. The minimum Gasteiger partial charge on any atom is -0.467 e. The fraction of sp³-hybridized carbons (Fsp3) is 0.667. The van der Waals surface area contributed by atoms with Crippen molar-refractivity contribution in [2.45, 2.75) is 32.0 Å². The van der Waals surface area contributed by atoms with Gasteiger partial charge < -0.3 is 10.1 Å². The molecule has 0 aromatic carbocycles. The second-order valence-electron chi connectivity index (χ2n) is 4.63. The van der Waals surface area contributed by atoms with Crippen LogP contribution in [0.3, 0.4) is 0 Å². The average molecular weight is 236 g/mol. The van der Waals surface area contributed by atoms with Gasteiger partial charge in [-0.25, -0.2) is 9.97 Å². The van der Waals surface area contributed by atoms with Gasteiger partial charge in [0.25, 0.3) is 0 Å². The maximum absolute atomic E-state index is 4.95. The first kappa shape index (κ1) is 12.3. The van der Waals surface area contributed by atoms with E-state index in [1.807, 2.05) is 19.4 Å². The van der Waals surface area contributed by atoms with Crippen LogP contribution in [0.4, 0.5) is 0 Å². The molecule has 5 heteroatoms. The zero-order chi connectivity index (χ0) is 12.3. The quantitative estimate of drug-likeness (QED) is 0.845. The van der Waals surface area contributed by atoms with Gasteiger partial charge in [0.15, 0.2) is 0 Å². The monoisotopic (exact) mass is 236 g/mol. The molecule has 2 heterocycles. The third-order valence-corrected chi connectivity index (χ3v) is 3.57. The van der Waals surface area contributed by atoms with E-state index in [1.165, 1.54) is 12.8 Å². The van der Waals surface area contributed by atoms with Crippen LogP contribution in [0.5, 0.6) is 6.01 Å². The molecule has 0 aliphatic carbocycles. The Morgan fingerprint density at radius 3 is 2.76 bits per heavy atom. The molecule has 2 rings (SSSR count). The van der Waals surface area contributed by atoms with Gasteiger partial charge in [-0.1, -0.05) is 0 Å². The van der Waals surface area contributed by atoms with Crippen molar-refractivity contribution < 1.29 is 4.74 Å². The molecular formula is C12H20N4O. The molecule has 1 aliphatic heterocycles. The molecule has 0 radical (unpaired) electrons. The number of ether oxygens (including phenoxy) is 1. The van der Waals surface area contributed by atoms with Crippen molar-refractivity contribution in [1.82, 2.24) is 20.2 Å². The number of methoxy groups -OCH3 is 1. The van der Waals surface area contributed by atoms with Crippen LogP contribution in [0, 0.1) is 0 Å². The summed E-state index contributed by atoms with van der Waals surface area (Å²) in [4.78, 5) is 10.7. The van der Waals surface area contributed by atoms with E-state index in [2.05, 4.69) is 27.1 Å². The Labute approximate surface area is 102 Å². The van der Waals surface area contributed by atoms with Crippen LogP contribution in [-0.4, -0.2) is 41.2 Å². The van der Waals surface area contributed by atoms with E-state index in [4.69, 9.17) is 4.74 Å². The fourth-order valence-corrected chi connectivity index (χ4v) is 2.31. The average Bonchev–Trinajstić information content (AvgIpc) is 2.73. The van der Waals surface area contributed by atoms with Crippen molar-refractivity contribution in [3.63, 3.8) is 0 Å². The van der Waals surface area contributed by atoms with E-state index in [-0.39, 0.29) is 5.66 Å². The molecule has 1 aromatic heterocycles. The van der Waals surface area contributed by atoms with E-state index in [0.29, 0.717) is 6.01 Å². The Morgan fingerprint density at radius 2 is 2.18 bits per heavy atom. The molecule has 0 bridgehead atoms. The summed E-state index contributed by atoms with van der Waals surface area (Å²) < 4.78 is 4.95. The molecule has 5 nitrogen and oxygen atoms in total. The molecule has 0 saturated carbocycles. The number of hydrogen-bond acceptors (Lipinski definition) is 5. The Hall–Kier alpha value is -1.20. The van der Waals surface area contributed by atoms with Gasteiger partial charge in [0, 0.05) is 31.0 Å². The van der Waals surface area contributed by atoms with Crippen molar-refractivity contribution in [2.24, 2.45) is 0 Å². The van der Waals surface area contributed by atoms with Crippen LogP contribution in [-0.2, 0) is 6.54 Å². The highest BCUT2D eigenvalue weighted by Crippen LogP contribution is 2.27. The number of hydrogen-bond donors (Lipinski definition) is 1. The summed E-state index contributed by atoms with van der Waals surface area (Å²) >= 11 is 0. The van der Waals surface area contributed by atoms with Crippen LogP contribution in [0.25, 0.3) is 0 Å². The first-order chi connectivity index (χ1) is 8.18. The predicted molar refractivity (Wildman–Crippen MR) is 65.7 cm³/mol. The molecule has 1 unspecified atom stereocenters. The molecule has 1 aliphatic rings. The summed E-state index contributed by atoms with van der Waals surface area (Å²) in [5, 5.41) is 3.39. The van der Waals surface area contributed by atoms with Gasteiger partial charge >= 0.3 is 6.01 Å². The van der Waals surface area contributed by atoms with Crippen molar-refractivity contribution in [3.05, 3.63) is 18.0 Å². The van der Waals surface area contributed by atoms with Gasteiger partial charge in [-0.3, -0.25) is 4.90 Å². The van der Waals surface area contributed by atoms with Crippen LogP contribution in [0.2, 0.25) is 0 Å². The first-order valence-electron chi connectivity index (χ1n) is 5.97. The lowest BCUT2D eigenvalue weighted by Crippen LogP contribution is -2.50. The lowest BCUT2D eigenvalue weighted by Gasteiger charge is -2.34. The van der Waals surface area contributed by atoms with Crippen LogP contribution in [0.1, 0.15) is 25.3 Å². The van der Waals surface area contributed by atoms with Gasteiger partial charge in [0.2, 0.25) is 0 Å². The fourth-order valence-electron chi connectivity index (χ4n) is 2.31. The topological polar surface area (TPSA) is 50.3 Å². The highest BCUT2D eigenvalue weighted by Gasteiger charge is 2.34. The van der Waals surface area contributed by atoms with Gasteiger partial charge in [0.1, 0.15) is 0 Å². The summed E-state index contributed by atoms with van der Waals surface area (Å²) in [5.74, 6) is 0. The maximum Gasteiger partial charge on any atom is 0.316 e. The van der Waals surface area contributed by atoms with Crippen LogP contribution < -0.4 is 10.1 Å². The Morgan fingerprint density at radius 1 is 1.47 bits per heavy atom. The summed E-state index contributed by atoms with van der Waals surface area (Å²) in [6, 6.07) is 0.423. The van der Waals surface area contributed by atoms with Gasteiger partial charge in [0.05, 0.1) is 12.8 Å². The highest BCUT2D eigenvalue weighted by atomic mass is 16.5. The largest absolute Gasteiger partial charge is 0.467 e. The summed E-state index contributed by atoms with van der Waals surface area (Å²) in [7, 11) is 3.59. The zero-order valence-corrected chi connectivity index (χ0v) is 10.7. The molecule has 1 atom stereocenters. The highest BCUT2D eigenvalue weighted by molar-refractivity contribution is 5.08. The van der Waals surface area contributed by atoms with Crippen molar-refractivity contribution in [2.75, 3.05) is 20.7 Å². The SMILES string of the molecule is CNC1(C)CCCN1Cc1cnc(OC)nc1. The van der Waals surface area contributed by atoms with Crippen molar-refractivity contribution >= 4 is 0 Å². The van der Waals surface area contributed by atoms with E-state index < -0.39 is 0 Å². The molecule has 0 amide bonds. The third kappa shape index (κ3) is 2.56.